The summed E-state index contributed by atoms with van der Waals surface area (Å²) in [7, 11) is 0. The third-order valence-corrected chi connectivity index (χ3v) is 15.4. The smallest absolute Gasteiger partial charge is 0.0462 e. The predicted octanol–water partition coefficient (Wildman–Crippen LogP) is 17.1. The highest BCUT2D eigenvalue weighted by Gasteiger charge is 2.54. The predicted molar refractivity (Wildman–Crippen MR) is 268 cm³/mol. The molecule has 0 aromatic heterocycles. The fourth-order valence-corrected chi connectivity index (χ4v) is 11.3. The Morgan fingerprint density at radius 2 is 0.968 bits per heavy atom. The summed E-state index contributed by atoms with van der Waals surface area (Å²) < 4.78 is 0. The second-order valence-electron chi connectivity index (χ2n) is 19.7. The molecule has 63 heavy (non-hydrogen) atoms. The summed E-state index contributed by atoms with van der Waals surface area (Å²) >= 11 is 0. The van der Waals surface area contributed by atoms with Crippen molar-refractivity contribution in [1.29, 1.82) is 0 Å². The lowest BCUT2D eigenvalue weighted by Crippen LogP contribution is -2.34. The molecule has 7 aromatic carbocycles. The van der Waals surface area contributed by atoms with Gasteiger partial charge in [-0.3, -0.25) is 0 Å². The molecular formula is C62H55N. The highest BCUT2D eigenvalue weighted by atomic mass is 15.1. The van der Waals surface area contributed by atoms with Crippen molar-refractivity contribution in [3.05, 3.63) is 228 Å². The van der Waals surface area contributed by atoms with Crippen LogP contribution in [0.3, 0.4) is 0 Å². The standard InChI is InChI=1S/C62H55N/c1-41-16-36-57-55(38-41)58-37-28-49(40-62(58,6)61(57,4)5)47-25-33-52(34-26-47)63(50-29-21-45(22-30-50)44-19-17-43(18-20-44)42-12-8-7-9-13-42)51-31-23-46(24-32-51)48-27-35-54-53-14-10-11-15-56(53)60(2,3)59(54)39-48/h7-37,39,41H,38,40H2,1-6H3. The first-order valence-electron chi connectivity index (χ1n) is 22.8. The van der Waals surface area contributed by atoms with E-state index in [9.17, 15) is 0 Å². The first-order valence-corrected chi connectivity index (χ1v) is 22.8. The summed E-state index contributed by atoms with van der Waals surface area (Å²) in [6, 6.07) is 63.0. The van der Waals surface area contributed by atoms with Crippen molar-refractivity contribution in [1.82, 2.24) is 0 Å². The molecule has 0 amide bonds. The van der Waals surface area contributed by atoms with Crippen molar-refractivity contribution in [3.63, 3.8) is 0 Å². The van der Waals surface area contributed by atoms with Crippen molar-refractivity contribution in [3.8, 4) is 44.5 Å². The summed E-state index contributed by atoms with van der Waals surface area (Å²) in [5.41, 5.74) is 23.7. The van der Waals surface area contributed by atoms with Crippen LogP contribution in [0.1, 0.15) is 71.1 Å². The lowest BCUT2D eigenvalue weighted by atomic mass is 9.60. The van der Waals surface area contributed by atoms with Crippen LogP contribution in [0, 0.1) is 16.7 Å². The third-order valence-electron chi connectivity index (χ3n) is 15.4. The molecule has 0 saturated heterocycles. The molecule has 0 heterocycles. The number of fused-ring (bicyclic) bond motifs is 5. The van der Waals surface area contributed by atoms with Gasteiger partial charge in [0.1, 0.15) is 0 Å². The first-order chi connectivity index (χ1) is 30.5. The topological polar surface area (TPSA) is 3.24 Å². The van der Waals surface area contributed by atoms with Crippen molar-refractivity contribution < 1.29 is 0 Å². The molecule has 7 aromatic rings. The quantitative estimate of drug-likeness (QED) is 0.155. The van der Waals surface area contributed by atoms with E-state index in [0.717, 1.165) is 29.9 Å². The zero-order valence-corrected chi connectivity index (χ0v) is 37.4. The minimum atomic E-state index is -0.0371. The molecular weight excluding hydrogens is 759 g/mol. The fraction of sp³-hybridized carbons (Fsp3) is 0.194. The summed E-state index contributed by atoms with van der Waals surface area (Å²) in [6.45, 7) is 14.5. The van der Waals surface area contributed by atoms with Gasteiger partial charge >= 0.3 is 0 Å². The number of benzene rings is 7. The largest absolute Gasteiger partial charge is 0.311 e. The molecule has 0 saturated carbocycles. The van der Waals surface area contributed by atoms with Gasteiger partial charge in [0, 0.05) is 27.9 Å². The summed E-state index contributed by atoms with van der Waals surface area (Å²) in [4.78, 5) is 2.40. The number of nitrogens with zero attached hydrogens (tertiary/aromatic N) is 1. The Bertz CT molecular complexity index is 3020. The Balaban J connectivity index is 0.926. The van der Waals surface area contributed by atoms with Gasteiger partial charge in [-0.1, -0.05) is 193 Å². The van der Waals surface area contributed by atoms with Crippen LogP contribution < -0.4 is 4.90 Å². The Labute approximate surface area is 374 Å². The molecule has 308 valence electrons. The highest BCUT2D eigenvalue weighted by molar-refractivity contribution is 5.85. The maximum atomic E-state index is 2.51. The number of anilines is 3. The van der Waals surface area contributed by atoms with Gasteiger partial charge in [0.2, 0.25) is 0 Å². The molecule has 0 radical (unpaired) electrons. The minimum absolute atomic E-state index is 0.0371. The van der Waals surface area contributed by atoms with Crippen molar-refractivity contribution in [2.24, 2.45) is 16.7 Å². The van der Waals surface area contributed by atoms with Gasteiger partial charge in [0.25, 0.3) is 0 Å². The van der Waals surface area contributed by atoms with Gasteiger partial charge in [-0.25, -0.2) is 0 Å². The van der Waals surface area contributed by atoms with E-state index in [1.54, 1.807) is 16.7 Å². The molecule has 0 spiro atoms. The van der Waals surface area contributed by atoms with Gasteiger partial charge in [-0.15, -0.1) is 0 Å². The summed E-state index contributed by atoms with van der Waals surface area (Å²) in [5.74, 6) is 0.590. The van der Waals surface area contributed by atoms with Crippen LogP contribution in [0.2, 0.25) is 0 Å². The molecule has 0 N–H and O–H groups in total. The lowest BCUT2D eigenvalue weighted by molar-refractivity contribution is 0.204. The Hall–Kier alpha value is -6.70. The monoisotopic (exact) mass is 813 g/mol. The van der Waals surface area contributed by atoms with Gasteiger partial charge < -0.3 is 4.90 Å². The SMILES string of the molecule is CC1C=CC2=C(C1)C1=CC=C(c3ccc(N(c4ccc(-c5ccc(-c6ccccc6)cc5)cc4)c4ccc(-c5ccc6c(c5)C(C)(C)c5ccccc5-6)cc4)cc3)CC1(C)C2(C)C. The van der Waals surface area contributed by atoms with Crippen molar-refractivity contribution in [2.75, 3.05) is 4.90 Å². The number of allylic oxidation sites excluding steroid dienone is 8. The summed E-state index contributed by atoms with van der Waals surface area (Å²) in [5, 5.41) is 0. The normalized spacial score (nSPS) is 20.0. The van der Waals surface area contributed by atoms with E-state index >= 15 is 0 Å². The van der Waals surface area contributed by atoms with Crippen molar-refractivity contribution >= 4 is 22.6 Å². The molecule has 0 fully saturated rings. The maximum Gasteiger partial charge on any atom is 0.0462 e. The third kappa shape index (κ3) is 6.35. The van der Waals surface area contributed by atoms with Gasteiger partial charge in [-0.05, 0) is 150 Å². The van der Waals surface area contributed by atoms with Crippen LogP contribution >= 0.6 is 0 Å². The van der Waals surface area contributed by atoms with E-state index in [4.69, 9.17) is 0 Å². The zero-order chi connectivity index (χ0) is 43.1. The molecule has 4 aliphatic carbocycles. The molecule has 4 aliphatic rings. The second kappa shape index (κ2) is 14.7. The Morgan fingerprint density at radius 1 is 0.476 bits per heavy atom. The summed E-state index contributed by atoms with van der Waals surface area (Å²) in [6.07, 6.45) is 11.9. The van der Waals surface area contributed by atoms with Crippen LogP contribution in [0.5, 0.6) is 0 Å². The van der Waals surface area contributed by atoms with E-state index in [2.05, 4.69) is 241 Å². The van der Waals surface area contributed by atoms with E-state index in [-0.39, 0.29) is 16.2 Å². The number of rotatable bonds is 7. The maximum absolute atomic E-state index is 2.51. The van der Waals surface area contributed by atoms with E-state index < -0.39 is 0 Å². The van der Waals surface area contributed by atoms with Gasteiger partial charge in [0.15, 0.2) is 0 Å². The van der Waals surface area contributed by atoms with Gasteiger partial charge in [0.05, 0.1) is 0 Å². The molecule has 11 rings (SSSR count). The second-order valence-corrected chi connectivity index (χ2v) is 19.7. The molecule has 2 unspecified atom stereocenters. The first kappa shape index (κ1) is 39.2. The van der Waals surface area contributed by atoms with Crippen LogP contribution in [0.25, 0.3) is 50.1 Å². The van der Waals surface area contributed by atoms with Crippen LogP contribution in [-0.2, 0) is 5.41 Å². The molecule has 2 atom stereocenters. The van der Waals surface area contributed by atoms with Crippen LogP contribution in [0.4, 0.5) is 17.1 Å². The zero-order valence-electron chi connectivity index (χ0n) is 37.4. The molecule has 1 nitrogen and oxygen atoms in total. The minimum Gasteiger partial charge on any atom is -0.311 e. The highest BCUT2D eigenvalue weighted by Crippen LogP contribution is 2.65. The van der Waals surface area contributed by atoms with Crippen LogP contribution in [0.15, 0.2) is 211 Å². The Morgan fingerprint density at radius 3 is 1.59 bits per heavy atom. The van der Waals surface area contributed by atoms with Gasteiger partial charge in [-0.2, -0.15) is 0 Å². The van der Waals surface area contributed by atoms with Crippen LogP contribution in [-0.4, -0.2) is 0 Å². The Kier molecular flexibility index (Phi) is 9.14. The molecule has 0 bridgehead atoms. The number of hydrogen-bond acceptors (Lipinski definition) is 1. The fourth-order valence-electron chi connectivity index (χ4n) is 11.3. The van der Waals surface area contributed by atoms with E-state index in [1.807, 2.05) is 0 Å². The molecule has 0 aliphatic heterocycles. The van der Waals surface area contributed by atoms with E-state index in [1.165, 1.54) is 66.8 Å². The van der Waals surface area contributed by atoms with Crippen molar-refractivity contribution in [2.45, 2.75) is 59.8 Å². The van der Waals surface area contributed by atoms with E-state index in [0.29, 0.717) is 5.92 Å². The molecule has 1 heteroatoms. The average Bonchev–Trinajstić information content (AvgIpc) is 3.65. The number of hydrogen-bond donors (Lipinski definition) is 0. The average molecular weight is 814 g/mol. The lowest BCUT2D eigenvalue weighted by Gasteiger charge is -2.43.